The summed E-state index contributed by atoms with van der Waals surface area (Å²) in [6.45, 7) is 0. The molecule has 0 aliphatic heterocycles. The van der Waals surface area contributed by atoms with Crippen molar-refractivity contribution in [2.24, 2.45) is 10.2 Å². The Balaban J connectivity index is 2.15. The van der Waals surface area contributed by atoms with Gasteiger partial charge in [-0.2, -0.15) is 5.10 Å². The second-order valence-electron chi connectivity index (χ2n) is 4.44. The highest BCUT2D eigenvalue weighted by Gasteiger charge is 2.16. The van der Waals surface area contributed by atoms with E-state index in [1.54, 1.807) is 24.3 Å². The number of hydrogen-bond acceptors (Lipinski definition) is 4. The summed E-state index contributed by atoms with van der Waals surface area (Å²) in [5.74, 6) is -0.607. The molecule has 120 valence electrons. The smallest absolute Gasteiger partial charge is 0.267 e. The summed E-state index contributed by atoms with van der Waals surface area (Å²) in [7, 11) is -4.02. The van der Waals surface area contributed by atoms with Gasteiger partial charge in [0, 0.05) is 10.6 Å². The van der Waals surface area contributed by atoms with Crippen molar-refractivity contribution in [3.63, 3.8) is 0 Å². The standard InChI is InChI=1S/C14H11Cl2N3O3S/c15-11-3-1-2-9(6-11)8-18-19-14(20)10-4-5-12(16)13(7-10)23(17,21)22/h1-8H,(H,19,20)(H2,17,21,22)/b18-8+. The predicted octanol–water partition coefficient (Wildman–Crippen LogP) is 2.40. The van der Waals surface area contributed by atoms with E-state index >= 15 is 0 Å². The fraction of sp³-hybridized carbons (Fsp3) is 0. The summed E-state index contributed by atoms with van der Waals surface area (Å²) in [4.78, 5) is 11.6. The Morgan fingerprint density at radius 3 is 2.57 bits per heavy atom. The third-order valence-corrected chi connectivity index (χ3v) is 4.36. The first-order valence-electron chi connectivity index (χ1n) is 6.19. The van der Waals surface area contributed by atoms with E-state index in [9.17, 15) is 13.2 Å². The molecule has 23 heavy (non-hydrogen) atoms. The zero-order valence-electron chi connectivity index (χ0n) is 11.5. The molecular weight excluding hydrogens is 361 g/mol. The summed E-state index contributed by atoms with van der Waals surface area (Å²) in [6.07, 6.45) is 1.40. The largest absolute Gasteiger partial charge is 0.271 e. The highest BCUT2D eigenvalue weighted by Crippen LogP contribution is 2.21. The number of nitrogens with one attached hydrogen (secondary N) is 1. The van der Waals surface area contributed by atoms with E-state index in [0.717, 1.165) is 6.07 Å². The molecule has 2 rings (SSSR count). The van der Waals surface area contributed by atoms with E-state index in [-0.39, 0.29) is 15.5 Å². The zero-order chi connectivity index (χ0) is 17.0. The van der Waals surface area contributed by atoms with Gasteiger partial charge in [0.15, 0.2) is 0 Å². The first kappa shape index (κ1) is 17.4. The number of nitrogens with zero attached hydrogens (tertiary/aromatic N) is 1. The lowest BCUT2D eigenvalue weighted by Gasteiger charge is -2.05. The van der Waals surface area contributed by atoms with Gasteiger partial charge in [-0.25, -0.2) is 19.0 Å². The topological polar surface area (TPSA) is 102 Å². The van der Waals surface area contributed by atoms with Gasteiger partial charge in [-0.15, -0.1) is 0 Å². The highest BCUT2D eigenvalue weighted by atomic mass is 35.5. The van der Waals surface area contributed by atoms with Crippen molar-refractivity contribution in [2.45, 2.75) is 4.90 Å². The molecular formula is C14H11Cl2N3O3S. The van der Waals surface area contributed by atoms with Crippen LogP contribution < -0.4 is 10.6 Å². The van der Waals surface area contributed by atoms with Crippen LogP contribution in [0.1, 0.15) is 15.9 Å². The van der Waals surface area contributed by atoms with Gasteiger partial charge in [-0.3, -0.25) is 4.79 Å². The molecule has 3 N–H and O–H groups in total. The molecule has 6 nitrogen and oxygen atoms in total. The van der Waals surface area contributed by atoms with Crippen molar-refractivity contribution in [3.05, 3.63) is 63.6 Å². The molecule has 0 atom stereocenters. The van der Waals surface area contributed by atoms with Crippen molar-refractivity contribution in [2.75, 3.05) is 0 Å². The first-order valence-corrected chi connectivity index (χ1v) is 8.49. The lowest BCUT2D eigenvalue weighted by molar-refractivity contribution is 0.0955. The summed E-state index contributed by atoms with van der Waals surface area (Å²) in [5, 5.41) is 9.28. The Morgan fingerprint density at radius 2 is 1.91 bits per heavy atom. The number of carbonyl (C=O) groups excluding carboxylic acids is 1. The average molecular weight is 372 g/mol. The number of halogens is 2. The maximum atomic E-state index is 12.0. The average Bonchev–Trinajstić information content (AvgIpc) is 2.46. The molecule has 2 aromatic rings. The minimum absolute atomic E-state index is 0.0571. The summed E-state index contributed by atoms with van der Waals surface area (Å²) in [6, 6.07) is 10.6. The molecule has 0 bridgehead atoms. The first-order chi connectivity index (χ1) is 10.8. The second kappa shape index (κ2) is 7.10. The Bertz CT molecular complexity index is 883. The van der Waals surface area contributed by atoms with Gasteiger partial charge in [0.05, 0.1) is 11.2 Å². The molecule has 0 aromatic heterocycles. The normalized spacial score (nSPS) is 11.6. The lowest BCUT2D eigenvalue weighted by atomic mass is 10.2. The van der Waals surface area contributed by atoms with E-state index < -0.39 is 15.9 Å². The third-order valence-electron chi connectivity index (χ3n) is 2.73. The van der Waals surface area contributed by atoms with E-state index in [1.807, 2.05) is 0 Å². The van der Waals surface area contributed by atoms with Crippen LogP contribution in [0.15, 0.2) is 52.5 Å². The van der Waals surface area contributed by atoms with Crippen LogP contribution in [-0.2, 0) is 10.0 Å². The quantitative estimate of drug-likeness (QED) is 0.636. The molecule has 0 heterocycles. The monoisotopic (exact) mass is 371 g/mol. The van der Waals surface area contributed by atoms with E-state index in [1.165, 1.54) is 18.3 Å². The Hall–Kier alpha value is -1.93. The number of primary sulfonamides is 1. The van der Waals surface area contributed by atoms with Gasteiger partial charge >= 0.3 is 0 Å². The van der Waals surface area contributed by atoms with E-state index in [4.69, 9.17) is 28.3 Å². The number of sulfonamides is 1. The molecule has 0 aliphatic rings. The molecule has 0 spiro atoms. The lowest BCUT2D eigenvalue weighted by Crippen LogP contribution is -2.19. The van der Waals surface area contributed by atoms with Crippen molar-refractivity contribution in [1.82, 2.24) is 5.43 Å². The fourth-order valence-corrected chi connectivity index (χ4v) is 2.95. The van der Waals surface area contributed by atoms with Gasteiger partial charge in [0.25, 0.3) is 5.91 Å². The summed E-state index contributed by atoms with van der Waals surface area (Å²) >= 11 is 11.6. The number of nitrogens with two attached hydrogens (primary N) is 1. The number of benzene rings is 2. The minimum atomic E-state index is -4.02. The SMILES string of the molecule is NS(=O)(=O)c1cc(C(=O)N/N=C/c2cccc(Cl)c2)ccc1Cl. The van der Waals surface area contributed by atoms with Gasteiger partial charge in [0.2, 0.25) is 10.0 Å². The molecule has 2 aromatic carbocycles. The van der Waals surface area contributed by atoms with Gasteiger partial charge in [-0.05, 0) is 35.9 Å². The van der Waals surface area contributed by atoms with E-state index in [0.29, 0.717) is 10.6 Å². The number of carbonyl (C=O) groups is 1. The number of amides is 1. The Kier molecular flexibility index (Phi) is 5.38. The number of hydrazone groups is 1. The highest BCUT2D eigenvalue weighted by molar-refractivity contribution is 7.89. The van der Waals surface area contributed by atoms with Gasteiger partial charge < -0.3 is 0 Å². The van der Waals surface area contributed by atoms with Crippen LogP contribution in [0, 0.1) is 0 Å². The molecule has 1 amide bonds. The van der Waals surface area contributed by atoms with Crippen molar-refractivity contribution in [1.29, 1.82) is 0 Å². The molecule has 0 saturated heterocycles. The van der Waals surface area contributed by atoms with Crippen LogP contribution in [-0.4, -0.2) is 20.5 Å². The summed E-state index contributed by atoms with van der Waals surface area (Å²) < 4.78 is 22.8. The van der Waals surface area contributed by atoms with Crippen LogP contribution in [0.2, 0.25) is 10.0 Å². The maximum Gasteiger partial charge on any atom is 0.271 e. The van der Waals surface area contributed by atoms with Crippen LogP contribution in [0.5, 0.6) is 0 Å². The minimum Gasteiger partial charge on any atom is -0.267 e. The molecule has 0 aliphatic carbocycles. The second-order valence-corrected chi connectivity index (χ2v) is 6.82. The van der Waals surface area contributed by atoms with Crippen LogP contribution in [0.4, 0.5) is 0 Å². The van der Waals surface area contributed by atoms with Crippen molar-refractivity contribution >= 4 is 45.3 Å². The molecule has 0 saturated carbocycles. The zero-order valence-corrected chi connectivity index (χ0v) is 13.9. The molecule has 0 radical (unpaired) electrons. The van der Waals surface area contributed by atoms with Gasteiger partial charge in [-0.1, -0.05) is 35.3 Å². The Morgan fingerprint density at radius 1 is 1.17 bits per heavy atom. The van der Waals surface area contributed by atoms with Crippen molar-refractivity contribution in [3.8, 4) is 0 Å². The van der Waals surface area contributed by atoms with Crippen LogP contribution in [0.3, 0.4) is 0 Å². The van der Waals surface area contributed by atoms with Crippen LogP contribution in [0.25, 0.3) is 0 Å². The predicted molar refractivity (Wildman–Crippen MR) is 89.3 cm³/mol. The molecule has 9 heteroatoms. The molecule has 0 fully saturated rings. The third kappa shape index (κ3) is 4.77. The van der Waals surface area contributed by atoms with Crippen LogP contribution >= 0.6 is 23.2 Å². The number of rotatable bonds is 4. The molecule has 0 unspecified atom stereocenters. The van der Waals surface area contributed by atoms with Gasteiger partial charge in [0.1, 0.15) is 4.90 Å². The summed E-state index contributed by atoms with van der Waals surface area (Å²) in [5.41, 5.74) is 3.02. The fourth-order valence-electron chi connectivity index (χ4n) is 1.68. The Labute approximate surface area is 143 Å². The number of hydrogen-bond donors (Lipinski definition) is 2. The van der Waals surface area contributed by atoms with E-state index in [2.05, 4.69) is 10.5 Å². The van der Waals surface area contributed by atoms with Crippen molar-refractivity contribution < 1.29 is 13.2 Å². The maximum absolute atomic E-state index is 12.0.